The Morgan fingerprint density at radius 2 is 1.82 bits per heavy atom. The number of likely N-dealkylation sites (tertiary alicyclic amines) is 1. The topological polar surface area (TPSA) is 95.9 Å². The number of anilines is 1. The molecular formula is C27H32Cl2N4O4S. The number of hydrogen-bond acceptors (Lipinski definition) is 7. The molecule has 1 amide bonds. The number of carbonyl (C=O) groups is 2. The van der Waals surface area contributed by atoms with Gasteiger partial charge < -0.3 is 9.84 Å². The van der Waals surface area contributed by atoms with E-state index in [1.807, 2.05) is 32.9 Å². The molecule has 8 nitrogen and oxygen atoms in total. The number of halogens is 2. The molecule has 1 aliphatic heterocycles. The maximum atomic E-state index is 13.1. The smallest absolute Gasteiger partial charge is 0.306 e. The van der Waals surface area contributed by atoms with E-state index >= 15 is 0 Å². The molecule has 0 unspecified atom stereocenters. The predicted octanol–water partition coefficient (Wildman–Crippen LogP) is 5.74. The van der Waals surface area contributed by atoms with Gasteiger partial charge in [0, 0.05) is 18.7 Å². The van der Waals surface area contributed by atoms with Crippen LogP contribution >= 0.6 is 35.3 Å². The molecule has 1 aliphatic rings. The lowest BCUT2D eigenvalue weighted by Crippen LogP contribution is -2.38. The van der Waals surface area contributed by atoms with Crippen molar-refractivity contribution in [2.75, 3.05) is 37.7 Å². The highest BCUT2D eigenvalue weighted by atomic mass is 35.5. The van der Waals surface area contributed by atoms with Crippen LogP contribution in [0.1, 0.15) is 41.3 Å². The quantitative estimate of drug-likeness (QED) is 0.346. The molecule has 38 heavy (non-hydrogen) atoms. The van der Waals surface area contributed by atoms with Crippen LogP contribution in [-0.4, -0.2) is 64.9 Å². The maximum Gasteiger partial charge on any atom is 0.306 e. The normalized spacial score (nSPS) is 14.1. The van der Waals surface area contributed by atoms with Gasteiger partial charge in [-0.05, 0) is 82.1 Å². The molecule has 0 bridgehead atoms. The van der Waals surface area contributed by atoms with Crippen LogP contribution in [0.25, 0.3) is 10.6 Å². The van der Waals surface area contributed by atoms with Gasteiger partial charge in [0.2, 0.25) is 5.13 Å². The molecule has 204 valence electrons. The summed E-state index contributed by atoms with van der Waals surface area (Å²) in [4.78, 5) is 28.1. The van der Waals surface area contributed by atoms with Gasteiger partial charge in [-0.25, -0.2) is 0 Å². The van der Waals surface area contributed by atoms with E-state index in [4.69, 9.17) is 21.4 Å². The van der Waals surface area contributed by atoms with Crippen LogP contribution < -0.4 is 9.64 Å². The molecule has 1 fully saturated rings. The fourth-order valence-electron chi connectivity index (χ4n) is 4.57. The Balaban J connectivity index is 0.00000400. The molecule has 0 spiro atoms. The average Bonchev–Trinajstić information content (AvgIpc) is 3.36. The molecule has 2 aromatic carbocycles. The molecule has 0 aliphatic carbocycles. The van der Waals surface area contributed by atoms with Gasteiger partial charge >= 0.3 is 5.97 Å². The Kier molecular flexibility index (Phi) is 10.5. The third kappa shape index (κ3) is 6.83. The predicted molar refractivity (Wildman–Crippen MR) is 153 cm³/mol. The van der Waals surface area contributed by atoms with Crippen molar-refractivity contribution < 1.29 is 19.4 Å². The number of carboxylic acid groups (broad SMARTS) is 1. The molecule has 1 aromatic heterocycles. The number of benzene rings is 2. The second-order valence-electron chi connectivity index (χ2n) is 9.16. The number of carbonyl (C=O) groups excluding carboxylic acids is 1. The molecule has 11 heteroatoms. The molecule has 4 rings (SSSR count). The third-order valence-corrected chi connectivity index (χ3v) is 7.93. The van der Waals surface area contributed by atoms with Crippen LogP contribution in [0, 0.1) is 19.8 Å². The van der Waals surface area contributed by atoms with E-state index in [9.17, 15) is 9.59 Å². The van der Waals surface area contributed by atoms with Gasteiger partial charge in [-0.3, -0.25) is 19.4 Å². The number of ether oxygens (including phenoxy) is 1. The molecule has 1 saturated heterocycles. The number of nitrogens with zero attached hydrogens (tertiary/aromatic N) is 4. The fraction of sp³-hybridized carbons (Fsp3) is 0.407. The molecular weight excluding hydrogens is 547 g/mol. The minimum Gasteiger partial charge on any atom is -0.492 e. The largest absolute Gasteiger partial charge is 0.492 e. The summed E-state index contributed by atoms with van der Waals surface area (Å²) in [6.07, 6.45) is 1.37. The zero-order chi connectivity index (χ0) is 26.5. The summed E-state index contributed by atoms with van der Waals surface area (Å²) >= 11 is 7.60. The maximum absolute atomic E-state index is 13.1. The summed E-state index contributed by atoms with van der Waals surface area (Å²) in [6.45, 7) is 9.21. The van der Waals surface area contributed by atoms with Gasteiger partial charge in [0.25, 0.3) is 5.91 Å². The molecule has 3 aromatic rings. The minimum atomic E-state index is -0.695. The highest BCUT2D eigenvalue weighted by Crippen LogP contribution is 2.34. The van der Waals surface area contributed by atoms with Crippen molar-refractivity contribution in [3.8, 4) is 16.3 Å². The van der Waals surface area contributed by atoms with E-state index in [0.717, 1.165) is 47.1 Å². The zero-order valence-corrected chi connectivity index (χ0v) is 24.0. The number of aromatic nitrogens is 2. The number of piperidine rings is 1. The zero-order valence-electron chi connectivity index (χ0n) is 21.6. The van der Waals surface area contributed by atoms with Crippen molar-refractivity contribution in [1.29, 1.82) is 0 Å². The summed E-state index contributed by atoms with van der Waals surface area (Å²) in [5.74, 6) is -0.287. The molecule has 0 saturated carbocycles. The van der Waals surface area contributed by atoms with E-state index < -0.39 is 5.97 Å². The van der Waals surface area contributed by atoms with Gasteiger partial charge in [0.1, 0.15) is 17.4 Å². The monoisotopic (exact) mass is 578 g/mol. The first-order valence-corrected chi connectivity index (χ1v) is 13.6. The summed E-state index contributed by atoms with van der Waals surface area (Å²) in [7, 11) is 0. The van der Waals surface area contributed by atoms with Crippen molar-refractivity contribution in [1.82, 2.24) is 15.1 Å². The van der Waals surface area contributed by atoms with Crippen LogP contribution in [0.5, 0.6) is 5.75 Å². The van der Waals surface area contributed by atoms with Gasteiger partial charge in [-0.1, -0.05) is 35.1 Å². The van der Waals surface area contributed by atoms with E-state index in [2.05, 4.69) is 15.1 Å². The lowest BCUT2D eigenvalue weighted by molar-refractivity contribution is -0.143. The van der Waals surface area contributed by atoms with Crippen LogP contribution in [0.3, 0.4) is 0 Å². The summed E-state index contributed by atoms with van der Waals surface area (Å²) in [5, 5.41) is 19.5. The Morgan fingerprint density at radius 1 is 1.16 bits per heavy atom. The standard InChI is InChI=1S/C27H31ClN4O4S.ClH/c1-4-32(25(33)21-7-5-6-8-22(21)28)27-30-29-24(37-27)20-15-17(2)23(18(3)16-20)36-14-13-31-11-9-19(10-12-31)26(34)35;/h5-8,15-16,19H,4,9-14H2,1-3H3,(H,34,35);1H. The first kappa shape index (κ1) is 29.8. The van der Waals surface area contributed by atoms with Crippen LogP contribution in [0.2, 0.25) is 5.02 Å². The van der Waals surface area contributed by atoms with E-state index in [0.29, 0.717) is 41.7 Å². The average molecular weight is 580 g/mol. The SMILES string of the molecule is CCN(C(=O)c1ccccc1Cl)c1nnc(-c2cc(C)c(OCCN3CCC(C(=O)O)CC3)c(C)c2)s1.Cl. The Hall–Kier alpha value is -2.72. The van der Waals surface area contributed by atoms with Crippen molar-refractivity contribution in [3.05, 3.63) is 58.1 Å². The second-order valence-corrected chi connectivity index (χ2v) is 10.5. The van der Waals surface area contributed by atoms with E-state index in [1.165, 1.54) is 11.3 Å². The minimum absolute atomic E-state index is 0. The fourth-order valence-corrected chi connectivity index (χ4v) is 5.68. The Morgan fingerprint density at radius 3 is 2.42 bits per heavy atom. The lowest BCUT2D eigenvalue weighted by atomic mass is 9.97. The molecule has 1 N–H and O–H groups in total. The number of aryl methyl sites for hydroxylation is 2. The van der Waals surface area contributed by atoms with Gasteiger partial charge in [-0.15, -0.1) is 22.6 Å². The van der Waals surface area contributed by atoms with Crippen molar-refractivity contribution in [2.24, 2.45) is 5.92 Å². The Labute approximate surface area is 238 Å². The van der Waals surface area contributed by atoms with Crippen molar-refractivity contribution in [2.45, 2.75) is 33.6 Å². The van der Waals surface area contributed by atoms with Gasteiger partial charge in [-0.2, -0.15) is 0 Å². The molecule has 0 atom stereocenters. The van der Waals surface area contributed by atoms with Crippen LogP contribution in [0.15, 0.2) is 36.4 Å². The molecule has 2 heterocycles. The first-order valence-electron chi connectivity index (χ1n) is 12.4. The summed E-state index contributed by atoms with van der Waals surface area (Å²) < 4.78 is 6.13. The van der Waals surface area contributed by atoms with Gasteiger partial charge in [0.05, 0.1) is 16.5 Å². The second kappa shape index (κ2) is 13.4. The Bertz CT molecular complexity index is 1250. The number of rotatable bonds is 9. The van der Waals surface area contributed by atoms with Gasteiger partial charge in [0.15, 0.2) is 0 Å². The van der Waals surface area contributed by atoms with Crippen molar-refractivity contribution >= 4 is 52.4 Å². The third-order valence-electron chi connectivity index (χ3n) is 6.61. The van der Waals surface area contributed by atoms with E-state index in [-0.39, 0.29) is 24.2 Å². The first-order chi connectivity index (χ1) is 17.8. The summed E-state index contributed by atoms with van der Waals surface area (Å²) in [5.41, 5.74) is 3.34. The summed E-state index contributed by atoms with van der Waals surface area (Å²) in [6, 6.07) is 11.0. The number of aliphatic carboxylic acids is 1. The highest BCUT2D eigenvalue weighted by Gasteiger charge is 2.25. The lowest BCUT2D eigenvalue weighted by Gasteiger charge is -2.30. The highest BCUT2D eigenvalue weighted by molar-refractivity contribution is 7.18. The molecule has 0 radical (unpaired) electrons. The number of amides is 1. The number of carboxylic acids is 1. The van der Waals surface area contributed by atoms with Crippen molar-refractivity contribution in [3.63, 3.8) is 0 Å². The van der Waals surface area contributed by atoms with Crippen LogP contribution in [0.4, 0.5) is 5.13 Å². The van der Waals surface area contributed by atoms with E-state index in [1.54, 1.807) is 29.2 Å². The number of hydrogen-bond donors (Lipinski definition) is 1. The van der Waals surface area contributed by atoms with Crippen LogP contribution in [-0.2, 0) is 4.79 Å².